The van der Waals surface area contributed by atoms with Gasteiger partial charge in [0, 0.05) is 23.7 Å². The molecule has 2 aromatic carbocycles. The fourth-order valence-corrected chi connectivity index (χ4v) is 2.46. The first-order chi connectivity index (χ1) is 11.0. The van der Waals surface area contributed by atoms with Crippen molar-refractivity contribution in [3.8, 4) is 11.4 Å². The van der Waals surface area contributed by atoms with E-state index < -0.39 is 0 Å². The van der Waals surface area contributed by atoms with Gasteiger partial charge in [0.15, 0.2) is 0 Å². The fourth-order valence-electron chi connectivity index (χ4n) is 2.46. The molecule has 1 heterocycles. The summed E-state index contributed by atoms with van der Waals surface area (Å²) in [6.07, 6.45) is 0. The number of aryl methyl sites for hydroxylation is 3. The summed E-state index contributed by atoms with van der Waals surface area (Å²) in [5.41, 5.74) is 4.25. The molecule has 116 valence electrons. The molecule has 1 amide bonds. The van der Waals surface area contributed by atoms with Crippen molar-refractivity contribution < 1.29 is 9.32 Å². The zero-order chi connectivity index (χ0) is 16.4. The molecule has 0 aliphatic heterocycles. The van der Waals surface area contributed by atoms with Crippen molar-refractivity contribution in [2.45, 2.75) is 20.8 Å². The number of carbonyl (C=O) groups excluding carboxylic acids is 1. The van der Waals surface area contributed by atoms with E-state index in [2.05, 4.69) is 15.5 Å². The van der Waals surface area contributed by atoms with Gasteiger partial charge in [-0.3, -0.25) is 4.79 Å². The molecule has 0 saturated heterocycles. The second-order valence-corrected chi connectivity index (χ2v) is 5.55. The van der Waals surface area contributed by atoms with Crippen LogP contribution in [0.5, 0.6) is 0 Å². The Labute approximate surface area is 134 Å². The zero-order valence-corrected chi connectivity index (χ0v) is 13.3. The Balaban J connectivity index is 1.84. The van der Waals surface area contributed by atoms with Gasteiger partial charge < -0.3 is 9.84 Å². The van der Waals surface area contributed by atoms with Crippen LogP contribution in [0.25, 0.3) is 11.4 Å². The first-order valence-electron chi connectivity index (χ1n) is 7.32. The van der Waals surface area contributed by atoms with Crippen LogP contribution in [0.2, 0.25) is 0 Å². The molecule has 0 atom stereocenters. The highest BCUT2D eigenvalue weighted by molar-refractivity contribution is 6.04. The molecule has 0 aliphatic rings. The number of nitrogens with one attached hydrogen (secondary N) is 1. The number of hydrogen-bond donors (Lipinski definition) is 1. The zero-order valence-electron chi connectivity index (χ0n) is 13.3. The quantitative estimate of drug-likeness (QED) is 0.796. The standard InChI is InChI=1S/C18H17N3O2/c1-11-7-12(2)9-15(8-11)18(22)20-16-6-4-5-14(10-16)17-19-13(3)23-21-17/h4-10H,1-3H3,(H,20,22). The number of rotatable bonds is 3. The van der Waals surface area contributed by atoms with Crippen molar-refractivity contribution in [1.29, 1.82) is 0 Å². The van der Waals surface area contributed by atoms with E-state index in [0.29, 0.717) is 23.0 Å². The maximum absolute atomic E-state index is 12.4. The van der Waals surface area contributed by atoms with E-state index in [1.807, 2.05) is 56.3 Å². The molecule has 0 bridgehead atoms. The van der Waals surface area contributed by atoms with Crippen molar-refractivity contribution in [2.75, 3.05) is 5.32 Å². The van der Waals surface area contributed by atoms with E-state index in [9.17, 15) is 4.79 Å². The van der Waals surface area contributed by atoms with E-state index in [-0.39, 0.29) is 5.91 Å². The topological polar surface area (TPSA) is 68.0 Å². The number of hydrogen-bond acceptors (Lipinski definition) is 4. The highest BCUT2D eigenvalue weighted by Gasteiger charge is 2.10. The molecule has 23 heavy (non-hydrogen) atoms. The van der Waals surface area contributed by atoms with Crippen LogP contribution in [0.15, 0.2) is 47.0 Å². The minimum absolute atomic E-state index is 0.141. The Morgan fingerprint density at radius 3 is 2.43 bits per heavy atom. The van der Waals surface area contributed by atoms with Crippen molar-refractivity contribution in [2.24, 2.45) is 0 Å². The van der Waals surface area contributed by atoms with Crippen LogP contribution in [-0.4, -0.2) is 16.0 Å². The molecule has 5 nitrogen and oxygen atoms in total. The van der Waals surface area contributed by atoms with Gasteiger partial charge in [-0.2, -0.15) is 4.98 Å². The molecule has 0 aliphatic carbocycles. The Morgan fingerprint density at radius 2 is 1.78 bits per heavy atom. The second-order valence-electron chi connectivity index (χ2n) is 5.55. The Kier molecular flexibility index (Phi) is 3.93. The minimum Gasteiger partial charge on any atom is -0.339 e. The third-order valence-electron chi connectivity index (χ3n) is 3.39. The summed E-state index contributed by atoms with van der Waals surface area (Å²) in [4.78, 5) is 16.6. The summed E-state index contributed by atoms with van der Waals surface area (Å²) < 4.78 is 4.99. The SMILES string of the molecule is Cc1cc(C)cc(C(=O)Nc2cccc(-c3noc(C)n3)c2)c1. The molecule has 3 rings (SSSR count). The van der Waals surface area contributed by atoms with E-state index >= 15 is 0 Å². The number of anilines is 1. The average Bonchev–Trinajstić information content (AvgIpc) is 2.93. The smallest absolute Gasteiger partial charge is 0.255 e. The molecular formula is C18H17N3O2. The van der Waals surface area contributed by atoms with E-state index in [4.69, 9.17) is 4.52 Å². The Hall–Kier alpha value is -2.95. The summed E-state index contributed by atoms with van der Waals surface area (Å²) in [6.45, 7) is 5.69. The number of benzene rings is 2. The Bertz CT molecular complexity index is 848. The minimum atomic E-state index is -0.141. The highest BCUT2D eigenvalue weighted by Crippen LogP contribution is 2.20. The van der Waals surface area contributed by atoms with Crippen molar-refractivity contribution in [3.63, 3.8) is 0 Å². The maximum Gasteiger partial charge on any atom is 0.255 e. The highest BCUT2D eigenvalue weighted by atomic mass is 16.5. The van der Waals surface area contributed by atoms with Gasteiger partial charge in [-0.05, 0) is 38.1 Å². The normalized spacial score (nSPS) is 10.6. The van der Waals surface area contributed by atoms with Gasteiger partial charge in [-0.25, -0.2) is 0 Å². The van der Waals surface area contributed by atoms with Crippen molar-refractivity contribution in [3.05, 3.63) is 65.0 Å². The third kappa shape index (κ3) is 3.45. The van der Waals surface area contributed by atoms with Crippen LogP contribution < -0.4 is 5.32 Å². The molecule has 0 saturated carbocycles. The monoisotopic (exact) mass is 307 g/mol. The maximum atomic E-state index is 12.4. The summed E-state index contributed by atoms with van der Waals surface area (Å²) >= 11 is 0. The number of amides is 1. The molecule has 1 N–H and O–H groups in total. The van der Waals surface area contributed by atoms with Gasteiger partial charge in [-0.15, -0.1) is 0 Å². The summed E-state index contributed by atoms with van der Waals surface area (Å²) in [5, 5.41) is 6.79. The number of aromatic nitrogens is 2. The molecule has 1 aromatic heterocycles. The van der Waals surface area contributed by atoms with Crippen molar-refractivity contribution >= 4 is 11.6 Å². The molecule has 3 aromatic rings. The summed E-state index contributed by atoms with van der Waals surface area (Å²) in [5.74, 6) is 0.868. The molecule has 0 spiro atoms. The van der Waals surface area contributed by atoms with E-state index in [1.165, 1.54) is 0 Å². The lowest BCUT2D eigenvalue weighted by Crippen LogP contribution is -2.12. The van der Waals surface area contributed by atoms with Crippen LogP contribution in [0.1, 0.15) is 27.4 Å². The largest absolute Gasteiger partial charge is 0.339 e. The van der Waals surface area contributed by atoms with E-state index in [1.54, 1.807) is 6.92 Å². The molecular weight excluding hydrogens is 290 g/mol. The first-order valence-corrected chi connectivity index (χ1v) is 7.32. The predicted molar refractivity (Wildman–Crippen MR) is 88.3 cm³/mol. The van der Waals surface area contributed by atoms with Crippen LogP contribution in [0.4, 0.5) is 5.69 Å². The lowest BCUT2D eigenvalue weighted by molar-refractivity contribution is 0.102. The van der Waals surface area contributed by atoms with Gasteiger partial charge in [0.2, 0.25) is 11.7 Å². The van der Waals surface area contributed by atoms with Crippen LogP contribution in [0.3, 0.4) is 0 Å². The van der Waals surface area contributed by atoms with Gasteiger partial charge in [0.05, 0.1) is 0 Å². The van der Waals surface area contributed by atoms with E-state index in [0.717, 1.165) is 16.7 Å². The second kappa shape index (κ2) is 6.04. The first kappa shape index (κ1) is 15.0. The third-order valence-corrected chi connectivity index (χ3v) is 3.39. The predicted octanol–water partition coefficient (Wildman–Crippen LogP) is 3.91. The average molecular weight is 307 g/mol. The molecule has 0 unspecified atom stereocenters. The van der Waals surface area contributed by atoms with Gasteiger partial charge in [0.25, 0.3) is 5.91 Å². The lowest BCUT2D eigenvalue weighted by atomic mass is 10.1. The summed E-state index contributed by atoms with van der Waals surface area (Å²) in [6, 6.07) is 13.1. The van der Waals surface area contributed by atoms with Crippen molar-refractivity contribution in [1.82, 2.24) is 10.1 Å². The van der Waals surface area contributed by atoms with Gasteiger partial charge >= 0.3 is 0 Å². The summed E-state index contributed by atoms with van der Waals surface area (Å²) in [7, 11) is 0. The molecule has 5 heteroatoms. The fraction of sp³-hybridized carbons (Fsp3) is 0.167. The number of carbonyl (C=O) groups is 1. The van der Waals surface area contributed by atoms with Crippen LogP contribution in [-0.2, 0) is 0 Å². The Morgan fingerprint density at radius 1 is 1.04 bits per heavy atom. The van der Waals surface area contributed by atoms with Gasteiger partial charge in [0.1, 0.15) is 0 Å². The van der Waals surface area contributed by atoms with Gasteiger partial charge in [-0.1, -0.05) is 34.5 Å². The number of nitrogens with zero attached hydrogens (tertiary/aromatic N) is 2. The lowest BCUT2D eigenvalue weighted by Gasteiger charge is -2.08. The molecule has 0 fully saturated rings. The van der Waals surface area contributed by atoms with Crippen LogP contribution in [0, 0.1) is 20.8 Å². The molecule has 0 radical (unpaired) electrons. The van der Waals surface area contributed by atoms with Crippen LogP contribution >= 0.6 is 0 Å².